The number of carbonyl (C=O) groups is 1. The molecular formula is C16H13ClN4OS2. The Hall–Kier alpha value is -2.09. The van der Waals surface area contributed by atoms with E-state index in [2.05, 4.69) is 26.3 Å². The van der Waals surface area contributed by atoms with Gasteiger partial charge in [-0.1, -0.05) is 30.7 Å². The molecule has 0 saturated carbocycles. The fraction of sp³-hybridized carbons (Fsp3) is 0.125. The van der Waals surface area contributed by atoms with Crippen LogP contribution in [0.4, 0.5) is 5.69 Å². The van der Waals surface area contributed by atoms with E-state index in [0.717, 1.165) is 23.7 Å². The standard InChI is InChI=1S/C16H13ClN4OS2/c1-2-9-3-5-10(6-4-9)15(22)19-16(23)18-13-11(17)7-8-12-14(13)21-24-20-12/h3-8H,2H2,1H3,(H2,18,19,22,23). The van der Waals surface area contributed by atoms with Crippen molar-refractivity contribution in [1.82, 2.24) is 14.1 Å². The molecule has 0 fully saturated rings. The van der Waals surface area contributed by atoms with Gasteiger partial charge >= 0.3 is 0 Å². The summed E-state index contributed by atoms with van der Waals surface area (Å²) in [5.41, 5.74) is 3.58. The number of thiocarbonyl (C=S) groups is 1. The Morgan fingerprint density at radius 2 is 1.96 bits per heavy atom. The van der Waals surface area contributed by atoms with Crippen LogP contribution in [0.3, 0.4) is 0 Å². The van der Waals surface area contributed by atoms with Crippen molar-refractivity contribution in [3.05, 3.63) is 52.5 Å². The molecule has 5 nitrogen and oxygen atoms in total. The summed E-state index contributed by atoms with van der Waals surface area (Å²) in [5.74, 6) is -0.283. The van der Waals surface area contributed by atoms with Gasteiger partial charge in [0.1, 0.15) is 11.0 Å². The zero-order valence-corrected chi connectivity index (χ0v) is 15.1. The van der Waals surface area contributed by atoms with E-state index >= 15 is 0 Å². The van der Waals surface area contributed by atoms with Crippen LogP contribution in [0.15, 0.2) is 36.4 Å². The second-order valence-corrected chi connectivity index (χ2v) is 6.36. The van der Waals surface area contributed by atoms with Gasteiger partial charge in [-0.05, 0) is 48.5 Å². The van der Waals surface area contributed by atoms with Gasteiger partial charge in [0.15, 0.2) is 5.11 Å². The molecule has 0 spiro atoms. The van der Waals surface area contributed by atoms with Crippen LogP contribution in [0.5, 0.6) is 0 Å². The molecule has 24 heavy (non-hydrogen) atoms. The number of hydrogen-bond acceptors (Lipinski definition) is 5. The SMILES string of the molecule is CCc1ccc(C(=O)NC(=S)Nc2c(Cl)ccc3nsnc23)cc1. The van der Waals surface area contributed by atoms with Crippen LogP contribution >= 0.6 is 35.5 Å². The highest BCUT2D eigenvalue weighted by Gasteiger charge is 2.13. The summed E-state index contributed by atoms with van der Waals surface area (Å²) in [7, 11) is 0. The minimum atomic E-state index is -0.283. The van der Waals surface area contributed by atoms with Crippen molar-refractivity contribution in [2.45, 2.75) is 13.3 Å². The van der Waals surface area contributed by atoms with Gasteiger partial charge in [-0.3, -0.25) is 10.1 Å². The van der Waals surface area contributed by atoms with E-state index < -0.39 is 0 Å². The molecule has 2 aromatic carbocycles. The van der Waals surface area contributed by atoms with Crippen molar-refractivity contribution < 1.29 is 4.79 Å². The topological polar surface area (TPSA) is 66.9 Å². The van der Waals surface area contributed by atoms with E-state index in [9.17, 15) is 4.79 Å². The number of hydrogen-bond donors (Lipinski definition) is 2. The zero-order chi connectivity index (χ0) is 17.1. The Kier molecular flexibility index (Phi) is 5.03. The number of carbonyl (C=O) groups excluding carboxylic acids is 1. The number of benzene rings is 2. The first-order valence-electron chi connectivity index (χ1n) is 7.20. The van der Waals surface area contributed by atoms with Crippen molar-refractivity contribution in [1.29, 1.82) is 0 Å². The smallest absolute Gasteiger partial charge is 0.257 e. The third kappa shape index (κ3) is 3.53. The number of anilines is 1. The molecule has 0 radical (unpaired) electrons. The Bertz CT molecular complexity index is 908. The highest BCUT2D eigenvalue weighted by molar-refractivity contribution is 7.80. The number of aromatic nitrogens is 2. The first kappa shape index (κ1) is 16.8. The lowest BCUT2D eigenvalue weighted by Gasteiger charge is -2.11. The molecule has 3 rings (SSSR count). The van der Waals surface area contributed by atoms with E-state index in [1.165, 1.54) is 5.56 Å². The summed E-state index contributed by atoms with van der Waals surface area (Å²) in [6.07, 6.45) is 0.923. The van der Waals surface area contributed by atoms with Gasteiger partial charge in [0, 0.05) is 5.56 Å². The van der Waals surface area contributed by atoms with E-state index in [1.54, 1.807) is 24.3 Å². The molecule has 1 heterocycles. The molecule has 0 unspecified atom stereocenters. The Morgan fingerprint density at radius 3 is 2.67 bits per heavy atom. The second-order valence-electron chi connectivity index (χ2n) is 5.01. The van der Waals surface area contributed by atoms with Gasteiger partial charge in [0.05, 0.1) is 22.4 Å². The van der Waals surface area contributed by atoms with Gasteiger partial charge in [-0.2, -0.15) is 8.75 Å². The molecule has 3 aromatic rings. The molecule has 122 valence electrons. The Balaban J connectivity index is 1.73. The minimum absolute atomic E-state index is 0.155. The lowest BCUT2D eigenvalue weighted by Crippen LogP contribution is -2.34. The van der Waals surface area contributed by atoms with E-state index in [-0.39, 0.29) is 11.0 Å². The maximum absolute atomic E-state index is 12.2. The van der Waals surface area contributed by atoms with Crippen LogP contribution in [0.25, 0.3) is 11.0 Å². The number of nitrogens with zero attached hydrogens (tertiary/aromatic N) is 2. The summed E-state index contributed by atoms with van der Waals surface area (Å²) < 4.78 is 8.35. The van der Waals surface area contributed by atoms with Crippen molar-refractivity contribution in [2.75, 3.05) is 5.32 Å². The summed E-state index contributed by atoms with van der Waals surface area (Å²) in [6, 6.07) is 10.9. The van der Waals surface area contributed by atoms with Crippen LogP contribution in [-0.4, -0.2) is 19.8 Å². The first-order chi connectivity index (χ1) is 11.6. The Labute approximate surface area is 153 Å². The van der Waals surface area contributed by atoms with Crippen molar-refractivity contribution in [2.24, 2.45) is 0 Å². The number of amides is 1. The third-order valence-electron chi connectivity index (χ3n) is 3.47. The average Bonchev–Trinajstić information content (AvgIpc) is 3.06. The lowest BCUT2D eigenvalue weighted by atomic mass is 10.1. The number of nitrogens with one attached hydrogen (secondary N) is 2. The minimum Gasteiger partial charge on any atom is -0.329 e. The van der Waals surface area contributed by atoms with Gasteiger partial charge in [-0.15, -0.1) is 0 Å². The molecule has 0 aliphatic rings. The molecular weight excluding hydrogens is 364 g/mol. The lowest BCUT2D eigenvalue weighted by molar-refractivity contribution is 0.0977. The first-order valence-corrected chi connectivity index (χ1v) is 8.72. The summed E-state index contributed by atoms with van der Waals surface area (Å²) in [4.78, 5) is 12.2. The molecule has 0 aliphatic heterocycles. The second kappa shape index (κ2) is 7.21. The molecule has 0 saturated heterocycles. The van der Waals surface area contributed by atoms with Crippen LogP contribution < -0.4 is 10.6 Å². The van der Waals surface area contributed by atoms with E-state index in [4.69, 9.17) is 23.8 Å². The van der Waals surface area contributed by atoms with Crippen LogP contribution in [0.2, 0.25) is 5.02 Å². The Morgan fingerprint density at radius 1 is 1.21 bits per heavy atom. The van der Waals surface area contributed by atoms with Crippen molar-refractivity contribution in [3.63, 3.8) is 0 Å². The third-order valence-corrected chi connectivity index (χ3v) is 4.53. The highest BCUT2D eigenvalue weighted by Crippen LogP contribution is 2.29. The monoisotopic (exact) mass is 376 g/mol. The zero-order valence-electron chi connectivity index (χ0n) is 12.7. The van der Waals surface area contributed by atoms with E-state index in [0.29, 0.717) is 21.8 Å². The van der Waals surface area contributed by atoms with Crippen molar-refractivity contribution in [3.8, 4) is 0 Å². The number of halogens is 1. The van der Waals surface area contributed by atoms with E-state index in [1.807, 2.05) is 12.1 Å². The van der Waals surface area contributed by atoms with Crippen LogP contribution in [-0.2, 0) is 6.42 Å². The predicted molar refractivity (Wildman–Crippen MR) is 102 cm³/mol. The van der Waals surface area contributed by atoms with Crippen molar-refractivity contribution >= 4 is 63.3 Å². The molecule has 1 amide bonds. The predicted octanol–water partition coefficient (Wildman–Crippen LogP) is 4.03. The number of aryl methyl sites for hydroxylation is 1. The summed E-state index contributed by atoms with van der Waals surface area (Å²) >= 11 is 12.5. The number of fused-ring (bicyclic) bond motifs is 1. The molecule has 0 aliphatic carbocycles. The molecule has 0 atom stereocenters. The molecule has 1 aromatic heterocycles. The molecule has 0 bridgehead atoms. The summed E-state index contributed by atoms with van der Waals surface area (Å²) in [6.45, 7) is 2.06. The summed E-state index contributed by atoms with van der Waals surface area (Å²) in [5, 5.41) is 6.19. The van der Waals surface area contributed by atoms with Gasteiger partial charge in [0.25, 0.3) is 5.91 Å². The maximum Gasteiger partial charge on any atom is 0.257 e. The fourth-order valence-corrected chi connectivity index (χ4v) is 3.09. The van der Waals surface area contributed by atoms with Gasteiger partial charge < -0.3 is 5.32 Å². The normalized spacial score (nSPS) is 10.6. The average molecular weight is 377 g/mol. The largest absolute Gasteiger partial charge is 0.329 e. The molecule has 8 heteroatoms. The number of rotatable bonds is 3. The fourth-order valence-electron chi connectivity index (χ4n) is 2.16. The highest BCUT2D eigenvalue weighted by atomic mass is 35.5. The maximum atomic E-state index is 12.2. The van der Waals surface area contributed by atoms with Crippen LogP contribution in [0.1, 0.15) is 22.8 Å². The van der Waals surface area contributed by atoms with Gasteiger partial charge in [-0.25, -0.2) is 0 Å². The molecule has 2 N–H and O–H groups in total. The van der Waals surface area contributed by atoms with Crippen LogP contribution in [0, 0.1) is 0 Å². The quantitative estimate of drug-likeness (QED) is 0.675. The van der Waals surface area contributed by atoms with Gasteiger partial charge in [0.2, 0.25) is 0 Å².